The molecular formula is C26H22F4N4O2. The van der Waals surface area contributed by atoms with Crippen LogP contribution in [-0.2, 0) is 30.6 Å². The summed E-state index contributed by atoms with van der Waals surface area (Å²) in [4.78, 5) is 25.7. The van der Waals surface area contributed by atoms with Crippen LogP contribution in [0.3, 0.4) is 0 Å². The Bertz CT molecular complexity index is 1440. The number of amides is 1. The third kappa shape index (κ3) is 5.54. The summed E-state index contributed by atoms with van der Waals surface area (Å²) < 4.78 is 56.1. The van der Waals surface area contributed by atoms with E-state index in [9.17, 15) is 27.2 Å². The standard InChI is InChI=1S/C26H22F4N4O2/c1-17-10-12-18(13-11-17)24-32-34(25(36)33(24)15-20-7-3-5-9-22(20)27)16-23(35)31-14-19-6-2-4-8-21(19)26(28,29)30/h2-13H,14-16H2,1H3,(H,31,35). The fourth-order valence-electron chi connectivity index (χ4n) is 3.74. The van der Waals surface area contributed by atoms with E-state index in [0.717, 1.165) is 16.3 Å². The van der Waals surface area contributed by atoms with Gasteiger partial charge in [0.2, 0.25) is 5.91 Å². The van der Waals surface area contributed by atoms with E-state index in [1.807, 2.05) is 19.1 Å². The minimum absolute atomic E-state index is 0.101. The van der Waals surface area contributed by atoms with Crippen molar-refractivity contribution >= 4 is 5.91 Å². The Morgan fingerprint density at radius 1 is 0.944 bits per heavy atom. The van der Waals surface area contributed by atoms with Crippen molar-refractivity contribution in [3.05, 3.63) is 111 Å². The van der Waals surface area contributed by atoms with Crippen LogP contribution >= 0.6 is 0 Å². The highest BCUT2D eigenvalue weighted by atomic mass is 19.4. The molecule has 36 heavy (non-hydrogen) atoms. The number of halogens is 4. The van der Waals surface area contributed by atoms with Crippen LogP contribution in [0.1, 0.15) is 22.3 Å². The van der Waals surface area contributed by atoms with Crippen molar-refractivity contribution in [1.29, 1.82) is 0 Å². The van der Waals surface area contributed by atoms with Crippen molar-refractivity contribution in [1.82, 2.24) is 19.7 Å². The van der Waals surface area contributed by atoms with Gasteiger partial charge in [0.1, 0.15) is 12.4 Å². The highest BCUT2D eigenvalue weighted by Crippen LogP contribution is 2.31. The largest absolute Gasteiger partial charge is 0.416 e. The molecule has 10 heteroatoms. The van der Waals surface area contributed by atoms with Gasteiger partial charge in [0.15, 0.2) is 5.82 Å². The first-order valence-corrected chi connectivity index (χ1v) is 11.0. The van der Waals surface area contributed by atoms with Gasteiger partial charge in [-0.05, 0) is 24.6 Å². The van der Waals surface area contributed by atoms with Crippen molar-refractivity contribution < 1.29 is 22.4 Å². The number of rotatable bonds is 7. The van der Waals surface area contributed by atoms with E-state index in [1.165, 1.54) is 34.9 Å². The molecule has 0 atom stereocenters. The Morgan fingerprint density at radius 2 is 1.58 bits per heavy atom. The van der Waals surface area contributed by atoms with E-state index in [1.54, 1.807) is 24.3 Å². The number of nitrogens with one attached hydrogen (secondary N) is 1. The third-order valence-electron chi connectivity index (χ3n) is 5.61. The highest BCUT2D eigenvalue weighted by molar-refractivity contribution is 5.75. The zero-order valence-corrected chi connectivity index (χ0v) is 19.2. The molecule has 1 amide bonds. The molecule has 0 saturated carbocycles. The maximum absolute atomic E-state index is 14.3. The number of aryl methyl sites for hydroxylation is 1. The van der Waals surface area contributed by atoms with Gasteiger partial charge >= 0.3 is 11.9 Å². The fourth-order valence-corrected chi connectivity index (χ4v) is 3.74. The van der Waals surface area contributed by atoms with Gasteiger partial charge in [-0.15, -0.1) is 5.10 Å². The van der Waals surface area contributed by atoms with Crippen molar-refractivity contribution in [2.45, 2.75) is 32.7 Å². The van der Waals surface area contributed by atoms with Gasteiger partial charge in [-0.25, -0.2) is 13.9 Å². The lowest BCUT2D eigenvalue weighted by atomic mass is 10.1. The number of hydrogen-bond acceptors (Lipinski definition) is 3. The number of carbonyl (C=O) groups excluding carboxylic acids is 1. The summed E-state index contributed by atoms with van der Waals surface area (Å²) in [6, 6.07) is 18.1. The smallest absolute Gasteiger partial charge is 0.350 e. The van der Waals surface area contributed by atoms with Gasteiger partial charge in [-0.2, -0.15) is 13.2 Å². The SMILES string of the molecule is Cc1ccc(-c2nn(CC(=O)NCc3ccccc3C(F)(F)F)c(=O)n2Cc2ccccc2F)cc1. The van der Waals surface area contributed by atoms with Crippen molar-refractivity contribution in [2.75, 3.05) is 0 Å². The third-order valence-corrected chi connectivity index (χ3v) is 5.61. The highest BCUT2D eigenvalue weighted by Gasteiger charge is 2.32. The molecule has 0 aliphatic heterocycles. The second-order valence-electron chi connectivity index (χ2n) is 8.24. The quantitative estimate of drug-likeness (QED) is 0.381. The van der Waals surface area contributed by atoms with Crippen LogP contribution in [0.2, 0.25) is 0 Å². The minimum Gasteiger partial charge on any atom is -0.350 e. The average molecular weight is 498 g/mol. The molecule has 0 unspecified atom stereocenters. The van der Waals surface area contributed by atoms with Gasteiger partial charge in [-0.3, -0.25) is 9.36 Å². The van der Waals surface area contributed by atoms with Gasteiger partial charge < -0.3 is 5.32 Å². The summed E-state index contributed by atoms with van der Waals surface area (Å²) in [5.41, 5.74) is 0.238. The molecule has 3 aromatic carbocycles. The summed E-state index contributed by atoms with van der Waals surface area (Å²) in [5.74, 6) is -0.952. The molecule has 0 aliphatic carbocycles. The summed E-state index contributed by atoms with van der Waals surface area (Å²) >= 11 is 0. The molecule has 1 heterocycles. The Balaban J connectivity index is 1.60. The molecule has 0 bridgehead atoms. The second-order valence-corrected chi connectivity index (χ2v) is 8.24. The van der Waals surface area contributed by atoms with Crippen LogP contribution < -0.4 is 11.0 Å². The van der Waals surface area contributed by atoms with E-state index in [2.05, 4.69) is 10.4 Å². The lowest BCUT2D eigenvalue weighted by molar-refractivity contribution is -0.138. The summed E-state index contributed by atoms with van der Waals surface area (Å²) in [5, 5.41) is 6.71. The summed E-state index contributed by atoms with van der Waals surface area (Å²) in [7, 11) is 0. The Labute approximate surface area is 203 Å². The molecule has 186 valence electrons. The first kappa shape index (κ1) is 24.9. The lowest BCUT2D eigenvalue weighted by Gasteiger charge is -2.13. The molecule has 6 nitrogen and oxygen atoms in total. The molecule has 4 aromatic rings. The molecule has 4 rings (SSSR count). The van der Waals surface area contributed by atoms with Crippen LogP contribution in [-0.4, -0.2) is 20.3 Å². The lowest BCUT2D eigenvalue weighted by Crippen LogP contribution is -2.34. The molecule has 0 radical (unpaired) electrons. The number of benzene rings is 3. The van der Waals surface area contributed by atoms with Crippen LogP contribution in [0.25, 0.3) is 11.4 Å². The molecular weight excluding hydrogens is 476 g/mol. The van der Waals surface area contributed by atoms with Crippen molar-refractivity contribution in [3.8, 4) is 11.4 Å². The predicted molar refractivity (Wildman–Crippen MR) is 125 cm³/mol. The first-order chi connectivity index (χ1) is 17.1. The maximum atomic E-state index is 14.3. The van der Waals surface area contributed by atoms with E-state index >= 15 is 0 Å². The second kappa shape index (κ2) is 10.2. The molecule has 1 aromatic heterocycles. The van der Waals surface area contributed by atoms with Crippen LogP contribution in [0, 0.1) is 12.7 Å². The van der Waals surface area contributed by atoms with E-state index in [4.69, 9.17) is 0 Å². The number of aromatic nitrogens is 3. The monoisotopic (exact) mass is 498 g/mol. The molecule has 0 spiro atoms. The number of hydrogen-bond donors (Lipinski definition) is 1. The van der Waals surface area contributed by atoms with Crippen molar-refractivity contribution in [3.63, 3.8) is 0 Å². The Morgan fingerprint density at radius 3 is 2.25 bits per heavy atom. The van der Waals surface area contributed by atoms with Gasteiger partial charge in [0, 0.05) is 17.7 Å². The predicted octanol–water partition coefficient (Wildman–Crippen LogP) is 4.54. The van der Waals surface area contributed by atoms with E-state index < -0.39 is 35.7 Å². The molecule has 1 N–H and O–H groups in total. The maximum Gasteiger partial charge on any atom is 0.416 e. The van der Waals surface area contributed by atoms with Gasteiger partial charge in [-0.1, -0.05) is 66.2 Å². The Kier molecular flexibility index (Phi) is 7.05. The van der Waals surface area contributed by atoms with Gasteiger partial charge in [0.25, 0.3) is 0 Å². The number of carbonyl (C=O) groups is 1. The first-order valence-electron chi connectivity index (χ1n) is 11.0. The molecule has 0 aliphatic rings. The summed E-state index contributed by atoms with van der Waals surface area (Å²) in [6.45, 7) is 0.894. The zero-order chi connectivity index (χ0) is 25.9. The van der Waals surface area contributed by atoms with Crippen molar-refractivity contribution in [2.24, 2.45) is 0 Å². The molecule has 0 saturated heterocycles. The van der Waals surface area contributed by atoms with E-state index in [-0.39, 0.29) is 30.0 Å². The average Bonchev–Trinajstić information content (AvgIpc) is 3.14. The molecule has 0 fully saturated rings. The van der Waals surface area contributed by atoms with Crippen LogP contribution in [0.5, 0.6) is 0 Å². The Hall–Kier alpha value is -4.21. The van der Waals surface area contributed by atoms with E-state index in [0.29, 0.717) is 5.56 Å². The number of nitrogens with zero attached hydrogens (tertiary/aromatic N) is 3. The zero-order valence-electron chi connectivity index (χ0n) is 19.2. The van der Waals surface area contributed by atoms with Crippen LogP contribution in [0.4, 0.5) is 17.6 Å². The minimum atomic E-state index is -4.56. The topological polar surface area (TPSA) is 68.9 Å². The van der Waals surface area contributed by atoms with Gasteiger partial charge in [0.05, 0.1) is 12.1 Å². The normalized spacial score (nSPS) is 11.5. The fraction of sp³-hybridized carbons (Fsp3) is 0.192. The van der Waals surface area contributed by atoms with Crippen LogP contribution in [0.15, 0.2) is 77.6 Å². The number of alkyl halides is 3. The summed E-state index contributed by atoms with van der Waals surface area (Å²) in [6.07, 6.45) is -4.56.